The third kappa shape index (κ3) is 4.17. The molecule has 138 valence electrons. The van der Waals surface area contributed by atoms with Gasteiger partial charge < -0.3 is 24.6 Å². The Labute approximate surface area is 153 Å². The first-order valence-corrected chi connectivity index (χ1v) is 8.61. The van der Waals surface area contributed by atoms with Crippen LogP contribution in [0.1, 0.15) is 5.69 Å². The van der Waals surface area contributed by atoms with E-state index in [9.17, 15) is 4.79 Å². The quantitative estimate of drug-likeness (QED) is 0.889. The lowest BCUT2D eigenvalue weighted by atomic mass is 10.2. The Hall–Kier alpha value is -2.96. The summed E-state index contributed by atoms with van der Waals surface area (Å²) in [7, 11) is 3.31. The van der Waals surface area contributed by atoms with Crippen LogP contribution in [0.2, 0.25) is 0 Å². The minimum atomic E-state index is -0.0621. The normalized spacial score (nSPS) is 14.1. The number of anilines is 1. The number of carbonyl (C=O) groups is 1. The molecule has 3 rings (SSSR count). The highest BCUT2D eigenvalue weighted by atomic mass is 16.5. The summed E-state index contributed by atoms with van der Waals surface area (Å²) >= 11 is 0. The summed E-state index contributed by atoms with van der Waals surface area (Å²) in [4.78, 5) is 20.6. The Balaban J connectivity index is 1.56. The number of nitrogens with one attached hydrogen (secondary N) is 1. The summed E-state index contributed by atoms with van der Waals surface area (Å²) in [5, 5.41) is 2.93. The van der Waals surface area contributed by atoms with Gasteiger partial charge in [0.15, 0.2) is 0 Å². The van der Waals surface area contributed by atoms with Crippen LogP contribution < -0.4 is 19.7 Å². The van der Waals surface area contributed by atoms with E-state index in [1.54, 1.807) is 20.4 Å². The van der Waals surface area contributed by atoms with Crippen molar-refractivity contribution in [1.82, 2.24) is 15.2 Å². The average Bonchev–Trinajstić information content (AvgIpc) is 2.72. The molecular formula is C19H24N4O3. The fraction of sp³-hybridized carbons (Fsp3) is 0.368. The zero-order chi connectivity index (χ0) is 18.4. The van der Waals surface area contributed by atoms with E-state index in [2.05, 4.69) is 15.2 Å². The second kappa shape index (κ2) is 8.42. The van der Waals surface area contributed by atoms with Gasteiger partial charge >= 0.3 is 6.03 Å². The molecule has 0 aliphatic carbocycles. The van der Waals surface area contributed by atoms with Crippen LogP contribution in [0, 0.1) is 0 Å². The largest absolute Gasteiger partial charge is 0.497 e. The van der Waals surface area contributed by atoms with Crippen molar-refractivity contribution < 1.29 is 14.3 Å². The number of ether oxygens (including phenoxy) is 2. The average molecular weight is 356 g/mol. The summed E-state index contributed by atoms with van der Waals surface area (Å²) in [5.74, 6) is 1.59. The number of urea groups is 1. The van der Waals surface area contributed by atoms with Crippen LogP contribution >= 0.6 is 0 Å². The molecule has 1 aromatic carbocycles. The zero-order valence-electron chi connectivity index (χ0n) is 15.1. The van der Waals surface area contributed by atoms with Crippen LogP contribution in [0.4, 0.5) is 10.5 Å². The SMILES string of the molecule is COc1ccc(OC)c(N2CCN(C(=O)NCc3ccccn3)CC2)c1. The molecule has 1 aromatic heterocycles. The Morgan fingerprint density at radius 3 is 2.58 bits per heavy atom. The molecule has 0 saturated carbocycles. The molecule has 1 aliphatic rings. The van der Waals surface area contributed by atoms with Crippen molar-refractivity contribution in [3.63, 3.8) is 0 Å². The predicted molar refractivity (Wildman–Crippen MR) is 99.8 cm³/mol. The van der Waals surface area contributed by atoms with Gasteiger partial charge in [0.25, 0.3) is 0 Å². The minimum absolute atomic E-state index is 0.0621. The number of aromatic nitrogens is 1. The highest BCUT2D eigenvalue weighted by molar-refractivity contribution is 5.74. The standard InChI is InChI=1S/C19H24N4O3/c1-25-16-6-7-18(26-2)17(13-16)22-9-11-23(12-10-22)19(24)21-14-15-5-3-4-8-20-15/h3-8,13H,9-12,14H2,1-2H3,(H,21,24). The number of piperazine rings is 1. The Morgan fingerprint density at radius 2 is 1.92 bits per heavy atom. The second-order valence-electron chi connectivity index (χ2n) is 5.99. The first-order chi connectivity index (χ1) is 12.7. The van der Waals surface area contributed by atoms with Crippen molar-refractivity contribution >= 4 is 11.7 Å². The molecule has 2 heterocycles. The van der Waals surface area contributed by atoms with Crippen molar-refractivity contribution in [2.45, 2.75) is 6.54 Å². The lowest BCUT2D eigenvalue weighted by molar-refractivity contribution is 0.193. The third-order valence-electron chi connectivity index (χ3n) is 4.44. The van der Waals surface area contributed by atoms with Crippen molar-refractivity contribution in [2.24, 2.45) is 0 Å². The Morgan fingerprint density at radius 1 is 1.12 bits per heavy atom. The molecule has 1 fully saturated rings. The number of hydrogen-bond donors (Lipinski definition) is 1. The van der Waals surface area contributed by atoms with E-state index in [1.165, 1.54) is 0 Å². The van der Waals surface area contributed by atoms with E-state index in [4.69, 9.17) is 9.47 Å². The van der Waals surface area contributed by atoms with Gasteiger partial charge in [0.1, 0.15) is 11.5 Å². The number of nitrogens with zero attached hydrogens (tertiary/aromatic N) is 3. The van der Waals surface area contributed by atoms with E-state index >= 15 is 0 Å². The topological polar surface area (TPSA) is 66.9 Å². The lowest BCUT2D eigenvalue weighted by Crippen LogP contribution is -2.51. The maximum absolute atomic E-state index is 12.4. The van der Waals surface area contributed by atoms with Crippen molar-refractivity contribution in [3.05, 3.63) is 48.3 Å². The predicted octanol–water partition coefficient (Wildman–Crippen LogP) is 2.13. The maximum Gasteiger partial charge on any atom is 0.317 e. The van der Waals surface area contributed by atoms with Gasteiger partial charge in [0.2, 0.25) is 0 Å². The summed E-state index contributed by atoms with van der Waals surface area (Å²) in [5.41, 5.74) is 1.83. The molecule has 0 unspecified atom stereocenters. The van der Waals surface area contributed by atoms with Crippen LogP contribution in [-0.4, -0.2) is 56.3 Å². The molecule has 2 aromatic rings. The number of hydrogen-bond acceptors (Lipinski definition) is 5. The number of amides is 2. The molecule has 0 atom stereocenters. The van der Waals surface area contributed by atoms with Crippen LogP contribution in [0.15, 0.2) is 42.6 Å². The van der Waals surface area contributed by atoms with Crippen molar-refractivity contribution in [2.75, 3.05) is 45.3 Å². The van der Waals surface area contributed by atoms with Crippen molar-refractivity contribution in [3.8, 4) is 11.5 Å². The maximum atomic E-state index is 12.4. The molecule has 1 N–H and O–H groups in total. The molecule has 26 heavy (non-hydrogen) atoms. The van der Waals surface area contributed by atoms with Gasteiger partial charge in [-0.15, -0.1) is 0 Å². The second-order valence-corrected chi connectivity index (χ2v) is 5.99. The molecular weight excluding hydrogens is 332 g/mol. The highest BCUT2D eigenvalue weighted by Crippen LogP contribution is 2.32. The molecule has 0 bridgehead atoms. The zero-order valence-corrected chi connectivity index (χ0v) is 15.1. The van der Waals surface area contributed by atoms with Gasteiger partial charge in [0.05, 0.1) is 32.1 Å². The third-order valence-corrected chi connectivity index (χ3v) is 4.44. The smallest absolute Gasteiger partial charge is 0.317 e. The molecule has 0 radical (unpaired) electrons. The van der Waals surface area contributed by atoms with E-state index in [-0.39, 0.29) is 6.03 Å². The van der Waals surface area contributed by atoms with Crippen LogP contribution in [0.25, 0.3) is 0 Å². The van der Waals surface area contributed by atoms with Gasteiger partial charge in [0, 0.05) is 38.4 Å². The Bertz CT molecular complexity index is 731. The first kappa shape index (κ1) is 17.8. The van der Waals surface area contributed by atoms with Gasteiger partial charge in [-0.25, -0.2) is 4.79 Å². The fourth-order valence-electron chi connectivity index (χ4n) is 2.98. The van der Waals surface area contributed by atoms with Gasteiger partial charge in [-0.2, -0.15) is 0 Å². The van der Waals surface area contributed by atoms with Gasteiger partial charge in [-0.3, -0.25) is 4.98 Å². The number of pyridine rings is 1. The molecule has 1 saturated heterocycles. The number of carbonyl (C=O) groups excluding carboxylic acids is 1. The summed E-state index contributed by atoms with van der Waals surface area (Å²) in [6.45, 7) is 3.20. The monoisotopic (exact) mass is 356 g/mol. The minimum Gasteiger partial charge on any atom is -0.497 e. The van der Waals surface area contributed by atoms with E-state index < -0.39 is 0 Å². The Kier molecular flexibility index (Phi) is 5.78. The summed E-state index contributed by atoms with van der Waals surface area (Å²) in [6, 6.07) is 11.4. The van der Waals surface area contributed by atoms with Crippen LogP contribution in [0.3, 0.4) is 0 Å². The molecule has 7 heteroatoms. The molecule has 2 amide bonds. The number of rotatable bonds is 5. The highest BCUT2D eigenvalue weighted by Gasteiger charge is 2.23. The fourth-order valence-corrected chi connectivity index (χ4v) is 2.98. The molecule has 0 spiro atoms. The van der Waals surface area contributed by atoms with E-state index in [0.29, 0.717) is 19.6 Å². The van der Waals surface area contributed by atoms with Crippen molar-refractivity contribution in [1.29, 1.82) is 0 Å². The van der Waals surface area contributed by atoms with Crippen LogP contribution in [-0.2, 0) is 6.54 Å². The van der Waals surface area contributed by atoms with E-state index in [1.807, 2.05) is 41.3 Å². The molecule has 1 aliphatic heterocycles. The van der Waals surface area contributed by atoms with Gasteiger partial charge in [-0.1, -0.05) is 6.07 Å². The first-order valence-electron chi connectivity index (χ1n) is 8.61. The summed E-state index contributed by atoms with van der Waals surface area (Å²) in [6.07, 6.45) is 1.72. The number of methoxy groups -OCH3 is 2. The lowest BCUT2D eigenvalue weighted by Gasteiger charge is -2.36. The number of benzene rings is 1. The van der Waals surface area contributed by atoms with Crippen LogP contribution in [0.5, 0.6) is 11.5 Å². The summed E-state index contributed by atoms with van der Waals surface area (Å²) < 4.78 is 10.8. The van der Waals surface area contributed by atoms with Gasteiger partial charge in [-0.05, 0) is 24.3 Å². The van der Waals surface area contributed by atoms with E-state index in [0.717, 1.165) is 36.0 Å². The molecule has 7 nitrogen and oxygen atoms in total.